The lowest BCUT2D eigenvalue weighted by Crippen LogP contribution is -2.52. The third kappa shape index (κ3) is 8.80. The summed E-state index contributed by atoms with van der Waals surface area (Å²) in [6, 6.07) is 16.2. The van der Waals surface area contributed by atoms with E-state index in [-0.39, 0.29) is 23.8 Å². The SMILES string of the molecule is COc1cc(-c2nn(C3CCC(N4CCN(CCNC(=O)[C@H](C)CCC5(C)CC6CCCC(C6)C5)CC4)CC3)c3ncnc(N)c23)ccc1NC(=O)c1cc2ccccc2n1C. The molecule has 3 aromatic heterocycles. The number of aromatic nitrogens is 5. The van der Waals surface area contributed by atoms with Gasteiger partial charge in [-0.3, -0.25) is 19.4 Å². The van der Waals surface area contributed by atoms with E-state index < -0.39 is 0 Å². The second-order valence-corrected chi connectivity index (χ2v) is 19.5. The predicted octanol–water partition coefficient (Wildman–Crippen LogP) is 8.07. The normalized spacial score (nSPS) is 25.2. The molecule has 9 rings (SSSR count). The fourth-order valence-electron chi connectivity index (χ4n) is 11.8. The van der Waals surface area contributed by atoms with Gasteiger partial charge in [0.05, 0.1) is 24.2 Å². The molecule has 4 N–H and O–H groups in total. The van der Waals surface area contributed by atoms with Crippen LogP contribution >= 0.6 is 0 Å². The molecule has 4 heterocycles. The largest absolute Gasteiger partial charge is 0.495 e. The minimum absolute atomic E-state index is 0.0784. The van der Waals surface area contributed by atoms with E-state index in [1.54, 1.807) is 7.11 Å². The number of nitrogen functional groups attached to an aromatic ring is 1. The molecule has 0 radical (unpaired) electrons. The molecule has 5 aromatic rings. The van der Waals surface area contributed by atoms with Crippen LogP contribution in [-0.2, 0) is 11.8 Å². The molecule has 2 amide bonds. The van der Waals surface area contributed by atoms with Crippen LogP contribution in [0.1, 0.15) is 107 Å². The average Bonchev–Trinajstić information content (AvgIpc) is 3.85. The molecule has 4 aliphatic rings. The van der Waals surface area contributed by atoms with Crippen LogP contribution in [0.4, 0.5) is 11.5 Å². The number of carbonyl (C=O) groups excluding carboxylic acids is 2. The maximum Gasteiger partial charge on any atom is 0.272 e. The standard InChI is InChI=1S/C49H66N10O3/c1-32(18-19-49(2)29-33-8-7-9-34(26-33)30-49)47(60)51-20-21-57-22-24-58(25-23-57)37-13-15-38(16-14-37)59-46-43(45(50)52-31-53-46)44(55-59)36-12-17-39(42(28-36)62-4)54-48(61)41-27-35-10-5-6-11-40(35)56(41)3/h5-6,10-12,17,27-28,31-34,37-38H,7-9,13-16,18-26,29-30H2,1-4H3,(H,51,60)(H,54,61)(H2,50,52,53)/t32-,33?,34?,37?,38?,49?/m1/s1. The Hall–Kier alpha value is -5.01. The van der Waals surface area contributed by atoms with Crippen molar-refractivity contribution in [1.82, 2.24) is 39.4 Å². The second-order valence-electron chi connectivity index (χ2n) is 19.5. The van der Waals surface area contributed by atoms with Crippen LogP contribution in [0.3, 0.4) is 0 Å². The van der Waals surface area contributed by atoms with Gasteiger partial charge in [0.25, 0.3) is 5.91 Å². The summed E-state index contributed by atoms with van der Waals surface area (Å²) in [7, 11) is 3.49. The fraction of sp³-hybridized carbons (Fsp3) is 0.571. The molecule has 3 saturated carbocycles. The quantitative estimate of drug-likeness (QED) is 0.107. The number of rotatable bonds is 13. The maximum absolute atomic E-state index is 13.5. The molecule has 2 aromatic carbocycles. The Labute approximate surface area is 366 Å². The monoisotopic (exact) mass is 843 g/mol. The van der Waals surface area contributed by atoms with Gasteiger partial charge in [0.1, 0.15) is 29.3 Å². The highest BCUT2D eigenvalue weighted by Gasteiger charge is 2.39. The first-order valence-electron chi connectivity index (χ1n) is 23.3. The number of hydrogen-bond acceptors (Lipinski definition) is 9. The van der Waals surface area contributed by atoms with Gasteiger partial charge in [-0.05, 0) is 99.3 Å². The van der Waals surface area contributed by atoms with Gasteiger partial charge in [0.2, 0.25) is 5.91 Å². The van der Waals surface area contributed by atoms with Gasteiger partial charge in [-0.25, -0.2) is 14.6 Å². The Morgan fingerprint density at radius 1 is 0.952 bits per heavy atom. The van der Waals surface area contributed by atoms with Gasteiger partial charge >= 0.3 is 0 Å². The summed E-state index contributed by atoms with van der Waals surface area (Å²) in [5, 5.41) is 13.2. The third-order valence-corrected chi connectivity index (χ3v) is 15.2. The summed E-state index contributed by atoms with van der Waals surface area (Å²) >= 11 is 0. The van der Waals surface area contributed by atoms with Crippen molar-refractivity contribution in [2.45, 2.75) is 103 Å². The summed E-state index contributed by atoms with van der Waals surface area (Å²) in [6.45, 7) is 10.4. The molecular formula is C49H66N10O3. The number of nitrogens with two attached hydrogens (primary N) is 1. The molecule has 1 aliphatic heterocycles. The van der Waals surface area contributed by atoms with Gasteiger partial charge in [-0.1, -0.05) is 57.4 Å². The van der Waals surface area contributed by atoms with Gasteiger partial charge in [-0.2, -0.15) is 5.10 Å². The van der Waals surface area contributed by atoms with Crippen LogP contribution in [0.2, 0.25) is 0 Å². The summed E-state index contributed by atoms with van der Waals surface area (Å²) in [4.78, 5) is 40.8. The fourth-order valence-corrected chi connectivity index (χ4v) is 11.8. The van der Waals surface area contributed by atoms with E-state index >= 15 is 0 Å². The molecule has 0 spiro atoms. The Morgan fingerprint density at radius 3 is 2.44 bits per heavy atom. The van der Waals surface area contributed by atoms with Gasteiger partial charge < -0.3 is 25.7 Å². The lowest BCUT2D eigenvalue weighted by atomic mass is 9.60. The number of anilines is 2. The topological polar surface area (TPSA) is 148 Å². The van der Waals surface area contributed by atoms with E-state index in [2.05, 4.69) is 43.9 Å². The number of fused-ring (bicyclic) bond motifs is 4. The molecule has 62 heavy (non-hydrogen) atoms. The molecule has 330 valence electrons. The first kappa shape index (κ1) is 42.3. The van der Waals surface area contributed by atoms with Crippen LogP contribution in [-0.4, -0.2) is 98.3 Å². The number of aryl methyl sites for hydroxylation is 1. The van der Waals surface area contributed by atoms with Crippen LogP contribution in [0, 0.1) is 23.2 Å². The number of hydrogen-bond donors (Lipinski definition) is 3. The van der Waals surface area contributed by atoms with E-state index in [1.165, 1.54) is 51.3 Å². The van der Waals surface area contributed by atoms with Gasteiger partial charge in [0.15, 0.2) is 5.65 Å². The highest BCUT2D eigenvalue weighted by atomic mass is 16.5. The molecule has 4 fully saturated rings. The van der Waals surface area contributed by atoms with Crippen molar-refractivity contribution >= 4 is 45.3 Å². The van der Waals surface area contributed by atoms with Crippen molar-refractivity contribution in [2.75, 3.05) is 57.4 Å². The third-order valence-electron chi connectivity index (χ3n) is 15.2. The zero-order valence-electron chi connectivity index (χ0n) is 37.2. The number of methoxy groups -OCH3 is 1. The van der Waals surface area contributed by atoms with Crippen molar-refractivity contribution in [1.29, 1.82) is 0 Å². The summed E-state index contributed by atoms with van der Waals surface area (Å²) in [6.07, 6.45) is 16.3. The minimum Gasteiger partial charge on any atom is -0.495 e. The Balaban J connectivity index is 0.767. The minimum atomic E-state index is -0.222. The van der Waals surface area contributed by atoms with Crippen molar-refractivity contribution < 1.29 is 14.3 Å². The molecule has 3 aliphatic carbocycles. The summed E-state index contributed by atoms with van der Waals surface area (Å²) < 4.78 is 9.77. The smallest absolute Gasteiger partial charge is 0.272 e. The van der Waals surface area contributed by atoms with E-state index in [9.17, 15) is 9.59 Å². The first-order chi connectivity index (χ1) is 30.1. The van der Waals surface area contributed by atoms with Crippen molar-refractivity contribution in [2.24, 2.45) is 30.2 Å². The molecule has 3 atom stereocenters. The zero-order chi connectivity index (χ0) is 43.0. The highest BCUT2D eigenvalue weighted by molar-refractivity contribution is 6.07. The first-order valence-corrected chi connectivity index (χ1v) is 23.3. The van der Waals surface area contributed by atoms with Crippen molar-refractivity contribution in [3.63, 3.8) is 0 Å². The number of carbonyl (C=O) groups is 2. The number of piperazine rings is 1. The Kier molecular flexibility index (Phi) is 12.3. The molecule has 2 bridgehead atoms. The average molecular weight is 843 g/mol. The van der Waals surface area contributed by atoms with Crippen LogP contribution in [0.5, 0.6) is 5.75 Å². The number of nitrogens with zero attached hydrogens (tertiary/aromatic N) is 7. The molecular weight excluding hydrogens is 777 g/mol. The molecule has 13 heteroatoms. The van der Waals surface area contributed by atoms with Crippen LogP contribution < -0.4 is 21.1 Å². The lowest BCUT2D eigenvalue weighted by Gasteiger charge is -2.46. The van der Waals surface area contributed by atoms with Gasteiger partial charge in [-0.15, -0.1) is 0 Å². The predicted molar refractivity (Wildman–Crippen MR) is 246 cm³/mol. The number of amides is 2. The number of benzene rings is 2. The van der Waals surface area contributed by atoms with Crippen molar-refractivity contribution in [3.8, 4) is 17.0 Å². The van der Waals surface area contributed by atoms with Crippen LogP contribution in [0.15, 0.2) is 54.9 Å². The van der Waals surface area contributed by atoms with E-state index in [0.717, 1.165) is 111 Å². The van der Waals surface area contributed by atoms with Gasteiger partial charge in [0, 0.05) is 74.7 Å². The highest BCUT2D eigenvalue weighted by Crippen LogP contribution is 2.51. The Bertz CT molecular complexity index is 2380. The molecule has 2 unspecified atom stereocenters. The van der Waals surface area contributed by atoms with E-state index in [1.807, 2.05) is 60.1 Å². The molecule has 13 nitrogen and oxygen atoms in total. The van der Waals surface area contributed by atoms with E-state index in [0.29, 0.717) is 40.1 Å². The van der Waals surface area contributed by atoms with Crippen molar-refractivity contribution in [3.05, 3.63) is 60.6 Å². The van der Waals surface area contributed by atoms with Crippen LogP contribution in [0.25, 0.3) is 33.2 Å². The summed E-state index contributed by atoms with van der Waals surface area (Å²) in [5.74, 6) is 2.83. The maximum atomic E-state index is 13.5. The Morgan fingerprint density at radius 2 is 1.69 bits per heavy atom. The number of ether oxygens (including phenoxy) is 1. The van der Waals surface area contributed by atoms with E-state index in [4.69, 9.17) is 20.6 Å². The number of nitrogens with one attached hydrogen (secondary N) is 2. The summed E-state index contributed by atoms with van der Waals surface area (Å²) in [5.41, 5.74) is 11.3. The molecule has 1 saturated heterocycles. The number of para-hydroxylation sites is 1. The second kappa shape index (κ2) is 18.0. The zero-order valence-corrected chi connectivity index (χ0v) is 37.2. The lowest BCUT2D eigenvalue weighted by molar-refractivity contribution is -0.125.